The summed E-state index contributed by atoms with van der Waals surface area (Å²) in [6, 6.07) is 4.44. The fourth-order valence-corrected chi connectivity index (χ4v) is 1.95. The van der Waals surface area contributed by atoms with E-state index in [4.69, 9.17) is 0 Å². The molecule has 21 heavy (non-hydrogen) atoms. The van der Waals surface area contributed by atoms with Gasteiger partial charge in [-0.2, -0.15) is 5.10 Å². The summed E-state index contributed by atoms with van der Waals surface area (Å²) in [7, 11) is 1.78. The number of carbonyl (C=O) groups excluding carboxylic acids is 1. The zero-order valence-corrected chi connectivity index (χ0v) is 12.1. The minimum absolute atomic E-state index is 0.230. The van der Waals surface area contributed by atoms with Crippen LogP contribution < -0.4 is 10.6 Å². The standard InChI is InChI=1S/C14H18FN5O/c1-3-16-13-10(5-4-6-11(13)15)14(21)17-8-7-12-18-9-20(2)19-12/h4-6,9,16H,3,7-8H2,1-2H3,(H,17,21). The predicted octanol–water partition coefficient (Wildman–Crippen LogP) is 1.36. The number of nitrogens with one attached hydrogen (secondary N) is 2. The van der Waals surface area contributed by atoms with Gasteiger partial charge in [0.1, 0.15) is 12.1 Å². The molecule has 0 bridgehead atoms. The van der Waals surface area contributed by atoms with E-state index in [2.05, 4.69) is 20.7 Å². The molecule has 0 saturated heterocycles. The highest BCUT2D eigenvalue weighted by molar-refractivity contribution is 5.99. The quantitative estimate of drug-likeness (QED) is 0.843. The third kappa shape index (κ3) is 3.77. The molecule has 2 N–H and O–H groups in total. The summed E-state index contributed by atoms with van der Waals surface area (Å²) in [5.41, 5.74) is 0.527. The monoisotopic (exact) mass is 291 g/mol. The molecule has 0 fully saturated rings. The van der Waals surface area contributed by atoms with E-state index in [-0.39, 0.29) is 11.6 Å². The van der Waals surface area contributed by atoms with Crippen molar-refractivity contribution in [2.75, 3.05) is 18.4 Å². The summed E-state index contributed by atoms with van der Waals surface area (Å²) < 4.78 is 15.3. The summed E-state index contributed by atoms with van der Waals surface area (Å²) in [5.74, 6) is -0.0961. The van der Waals surface area contributed by atoms with Crippen LogP contribution in [-0.4, -0.2) is 33.8 Å². The van der Waals surface area contributed by atoms with Gasteiger partial charge in [0.05, 0.1) is 11.3 Å². The van der Waals surface area contributed by atoms with Crippen LogP contribution in [0, 0.1) is 5.82 Å². The van der Waals surface area contributed by atoms with Gasteiger partial charge >= 0.3 is 0 Å². The Morgan fingerprint density at radius 2 is 2.24 bits per heavy atom. The Morgan fingerprint density at radius 3 is 2.90 bits per heavy atom. The Kier molecular flexibility index (Phi) is 4.86. The zero-order chi connectivity index (χ0) is 15.2. The van der Waals surface area contributed by atoms with Gasteiger partial charge in [0, 0.05) is 26.6 Å². The van der Waals surface area contributed by atoms with E-state index < -0.39 is 5.82 Å². The van der Waals surface area contributed by atoms with Gasteiger partial charge in [-0.1, -0.05) is 6.07 Å². The summed E-state index contributed by atoms with van der Waals surface area (Å²) in [5, 5.41) is 9.74. The third-order valence-corrected chi connectivity index (χ3v) is 2.89. The fourth-order valence-electron chi connectivity index (χ4n) is 1.95. The second-order valence-corrected chi connectivity index (χ2v) is 4.53. The molecule has 7 heteroatoms. The summed E-state index contributed by atoms with van der Waals surface area (Å²) in [4.78, 5) is 16.2. The lowest BCUT2D eigenvalue weighted by molar-refractivity contribution is 0.0954. The maximum Gasteiger partial charge on any atom is 0.253 e. The first-order chi connectivity index (χ1) is 10.1. The van der Waals surface area contributed by atoms with E-state index in [1.54, 1.807) is 24.1 Å². The maximum absolute atomic E-state index is 13.7. The van der Waals surface area contributed by atoms with Crippen LogP contribution in [0.3, 0.4) is 0 Å². The van der Waals surface area contributed by atoms with E-state index in [9.17, 15) is 9.18 Å². The second kappa shape index (κ2) is 6.83. The maximum atomic E-state index is 13.7. The normalized spacial score (nSPS) is 10.4. The van der Waals surface area contributed by atoms with Crippen molar-refractivity contribution < 1.29 is 9.18 Å². The van der Waals surface area contributed by atoms with Crippen LogP contribution in [0.4, 0.5) is 10.1 Å². The smallest absolute Gasteiger partial charge is 0.253 e. The zero-order valence-electron chi connectivity index (χ0n) is 12.1. The number of halogens is 1. The number of hydrogen-bond acceptors (Lipinski definition) is 4. The minimum Gasteiger partial charge on any atom is -0.382 e. The highest BCUT2D eigenvalue weighted by atomic mass is 19.1. The predicted molar refractivity (Wildman–Crippen MR) is 77.6 cm³/mol. The van der Waals surface area contributed by atoms with Crippen molar-refractivity contribution in [1.29, 1.82) is 0 Å². The topological polar surface area (TPSA) is 71.8 Å². The molecule has 0 unspecified atom stereocenters. The summed E-state index contributed by atoms with van der Waals surface area (Å²) >= 11 is 0. The molecule has 0 aliphatic rings. The largest absolute Gasteiger partial charge is 0.382 e. The molecule has 0 aliphatic heterocycles. The first-order valence-electron chi connectivity index (χ1n) is 6.77. The van der Waals surface area contributed by atoms with Gasteiger partial charge in [-0.25, -0.2) is 9.37 Å². The van der Waals surface area contributed by atoms with E-state index >= 15 is 0 Å². The molecule has 1 aromatic heterocycles. The van der Waals surface area contributed by atoms with Crippen molar-refractivity contribution in [3.63, 3.8) is 0 Å². The van der Waals surface area contributed by atoms with E-state index in [1.807, 2.05) is 6.92 Å². The Labute approximate surface area is 122 Å². The van der Waals surface area contributed by atoms with Gasteiger partial charge < -0.3 is 10.6 Å². The Balaban J connectivity index is 1.98. The van der Waals surface area contributed by atoms with Gasteiger partial charge in [0.2, 0.25) is 0 Å². The lowest BCUT2D eigenvalue weighted by atomic mass is 10.1. The van der Waals surface area contributed by atoms with E-state index in [0.717, 1.165) is 0 Å². The van der Waals surface area contributed by atoms with Crippen molar-refractivity contribution in [2.24, 2.45) is 7.05 Å². The number of carbonyl (C=O) groups is 1. The van der Waals surface area contributed by atoms with Crippen LogP contribution in [0.1, 0.15) is 23.1 Å². The number of benzene rings is 1. The van der Waals surface area contributed by atoms with Gasteiger partial charge in [-0.05, 0) is 19.1 Å². The van der Waals surface area contributed by atoms with Gasteiger partial charge in [-0.3, -0.25) is 9.48 Å². The van der Waals surface area contributed by atoms with Gasteiger partial charge in [0.25, 0.3) is 5.91 Å². The Hall–Kier alpha value is -2.44. The van der Waals surface area contributed by atoms with Crippen LogP contribution in [0.5, 0.6) is 0 Å². The third-order valence-electron chi connectivity index (χ3n) is 2.89. The van der Waals surface area contributed by atoms with Crippen LogP contribution >= 0.6 is 0 Å². The van der Waals surface area contributed by atoms with Crippen molar-refractivity contribution >= 4 is 11.6 Å². The molecule has 2 aromatic rings. The molecule has 0 aliphatic carbocycles. The number of aryl methyl sites for hydroxylation is 1. The van der Waals surface area contributed by atoms with Crippen molar-refractivity contribution in [3.8, 4) is 0 Å². The average Bonchev–Trinajstić information content (AvgIpc) is 2.87. The molecule has 0 saturated carbocycles. The van der Waals surface area contributed by atoms with Crippen molar-refractivity contribution in [3.05, 3.63) is 41.7 Å². The highest BCUT2D eigenvalue weighted by Gasteiger charge is 2.14. The molecule has 6 nitrogen and oxygen atoms in total. The molecule has 1 amide bonds. The Bertz CT molecular complexity index is 626. The van der Waals surface area contributed by atoms with Gasteiger partial charge in [-0.15, -0.1) is 0 Å². The lowest BCUT2D eigenvalue weighted by Crippen LogP contribution is -2.27. The number of amides is 1. The number of hydrogen-bond donors (Lipinski definition) is 2. The van der Waals surface area contributed by atoms with Crippen LogP contribution in [0.15, 0.2) is 24.5 Å². The van der Waals surface area contributed by atoms with Crippen molar-refractivity contribution in [2.45, 2.75) is 13.3 Å². The number of rotatable bonds is 6. The first-order valence-corrected chi connectivity index (χ1v) is 6.77. The van der Waals surface area contributed by atoms with E-state index in [0.29, 0.717) is 30.9 Å². The molecule has 1 aromatic carbocycles. The second-order valence-electron chi connectivity index (χ2n) is 4.53. The van der Waals surface area contributed by atoms with Crippen LogP contribution in [0.2, 0.25) is 0 Å². The summed E-state index contributed by atoms with van der Waals surface area (Å²) in [6.45, 7) is 2.78. The van der Waals surface area contributed by atoms with Gasteiger partial charge in [0.15, 0.2) is 5.82 Å². The number of anilines is 1. The molecule has 0 atom stereocenters. The molecule has 0 spiro atoms. The Morgan fingerprint density at radius 1 is 1.43 bits per heavy atom. The molecular weight excluding hydrogens is 273 g/mol. The first kappa shape index (κ1) is 15.0. The number of nitrogens with zero attached hydrogens (tertiary/aromatic N) is 3. The number of aromatic nitrogens is 3. The molecule has 1 heterocycles. The highest BCUT2D eigenvalue weighted by Crippen LogP contribution is 2.19. The lowest BCUT2D eigenvalue weighted by Gasteiger charge is -2.11. The fraction of sp³-hybridized carbons (Fsp3) is 0.357. The van der Waals surface area contributed by atoms with Crippen LogP contribution in [0.25, 0.3) is 0 Å². The summed E-state index contributed by atoms with van der Waals surface area (Å²) in [6.07, 6.45) is 2.13. The number of para-hydroxylation sites is 1. The molecule has 0 radical (unpaired) electrons. The molecular formula is C14H18FN5O. The van der Waals surface area contributed by atoms with Crippen LogP contribution in [-0.2, 0) is 13.5 Å². The minimum atomic E-state index is -0.434. The van der Waals surface area contributed by atoms with Crippen molar-refractivity contribution in [1.82, 2.24) is 20.1 Å². The SMILES string of the molecule is CCNc1c(F)cccc1C(=O)NCCc1ncn(C)n1. The van der Waals surface area contributed by atoms with E-state index in [1.165, 1.54) is 12.1 Å². The molecule has 112 valence electrons. The molecule has 2 rings (SSSR count). The average molecular weight is 291 g/mol.